The van der Waals surface area contributed by atoms with Crippen LogP contribution in [0, 0.1) is 13.8 Å². The lowest BCUT2D eigenvalue weighted by Gasteiger charge is -2.26. The first-order valence-corrected chi connectivity index (χ1v) is 9.08. The maximum atomic E-state index is 12.6. The highest BCUT2D eigenvalue weighted by Crippen LogP contribution is 2.20. The molecule has 0 aliphatic carbocycles. The molecule has 0 atom stereocenters. The number of carbonyl (C=O) groups is 1. The van der Waals surface area contributed by atoms with E-state index in [0.717, 1.165) is 60.6 Å². The standard InChI is InChI=1S/C17H23BrN4O2/c1-12-10-14(18)11-22-15(13(2)20-16(12)22)17(23)19-4-3-5-21-6-8-24-9-7-21/h10-11H,3-9H2,1-2H3,(H,19,23). The number of rotatable bonds is 5. The van der Waals surface area contributed by atoms with Crippen LogP contribution in [0.25, 0.3) is 5.65 Å². The van der Waals surface area contributed by atoms with Gasteiger partial charge in [0.1, 0.15) is 11.3 Å². The molecule has 3 heterocycles. The number of hydrogen-bond acceptors (Lipinski definition) is 4. The summed E-state index contributed by atoms with van der Waals surface area (Å²) < 4.78 is 8.15. The third kappa shape index (κ3) is 3.79. The molecule has 1 saturated heterocycles. The summed E-state index contributed by atoms with van der Waals surface area (Å²) in [5, 5.41) is 3.02. The molecular formula is C17H23BrN4O2. The fraction of sp³-hybridized carbons (Fsp3) is 0.529. The van der Waals surface area contributed by atoms with Crippen LogP contribution in [0.4, 0.5) is 0 Å². The molecular weight excluding hydrogens is 372 g/mol. The molecule has 0 spiro atoms. The van der Waals surface area contributed by atoms with Crippen LogP contribution >= 0.6 is 15.9 Å². The Balaban J connectivity index is 1.62. The summed E-state index contributed by atoms with van der Waals surface area (Å²) in [6.07, 6.45) is 2.83. The number of morpholine rings is 1. The molecule has 1 aliphatic rings. The predicted molar refractivity (Wildman–Crippen MR) is 96.6 cm³/mol. The van der Waals surface area contributed by atoms with Crippen LogP contribution in [-0.2, 0) is 4.74 Å². The van der Waals surface area contributed by atoms with Gasteiger partial charge in [-0.05, 0) is 54.4 Å². The molecule has 7 heteroatoms. The summed E-state index contributed by atoms with van der Waals surface area (Å²) in [7, 11) is 0. The lowest BCUT2D eigenvalue weighted by atomic mass is 10.3. The van der Waals surface area contributed by atoms with E-state index in [1.807, 2.05) is 30.5 Å². The minimum atomic E-state index is -0.0699. The second-order valence-corrected chi connectivity index (χ2v) is 7.06. The topological polar surface area (TPSA) is 58.9 Å². The van der Waals surface area contributed by atoms with E-state index in [1.165, 1.54) is 0 Å². The number of aryl methyl sites for hydroxylation is 2. The SMILES string of the molecule is Cc1nc2c(C)cc(Br)cn2c1C(=O)NCCCN1CCOCC1. The summed E-state index contributed by atoms with van der Waals surface area (Å²) in [5.74, 6) is -0.0699. The van der Waals surface area contributed by atoms with Gasteiger partial charge in [-0.25, -0.2) is 4.98 Å². The molecule has 0 bridgehead atoms. The van der Waals surface area contributed by atoms with Crippen LogP contribution in [0.1, 0.15) is 28.2 Å². The van der Waals surface area contributed by atoms with Gasteiger partial charge in [-0.3, -0.25) is 14.1 Å². The summed E-state index contributed by atoms with van der Waals surface area (Å²) in [4.78, 5) is 19.5. The quantitative estimate of drug-likeness (QED) is 0.789. The second-order valence-electron chi connectivity index (χ2n) is 6.14. The van der Waals surface area contributed by atoms with Gasteiger partial charge in [0.25, 0.3) is 5.91 Å². The largest absolute Gasteiger partial charge is 0.379 e. The predicted octanol–water partition coefficient (Wildman–Crippen LogP) is 2.17. The average molecular weight is 395 g/mol. The molecule has 24 heavy (non-hydrogen) atoms. The molecule has 1 fully saturated rings. The third-order valence-electron chi connectivity index (χ3n) is 4.30. The maximum Gasteiger partial charge on any atom is 0.270 e. The normalized spacial score (nSPS) is 15.8. The minimum Gasteiger partial charge on any atom is -0.379 e. The Morgan fingerprint density at radius 1 is 1.38 bits per heavy atom. The van der Waals surface area contributed by atoms with E-state index in [4.69, 9.17) is 4.74 Å². The Morgan fingerprint density at radius 2 is 2.12 bits per heavy atom. The number of nitrogens with one attached hydrogen (secondary N) is 1. The van der Waals surface area contributed by atoms with Crippen molar-refractivity contribution in [1.82, 2.24) is 19.6 Å². The number of amides is 1. The maximum absolute atomic E-state index is 12.6. The zero-order chi connectivity index (χ0) is 17.1. The van der Waals surface area contributed by atoms with Crippen LogP contribution in [-0.4, -0.2) is 59.6 Å². The van der Waals surface area contributed by atoms with Crippen molar-refractivity contribution >= 4 is 27.5 Å². The molecule has 1 aliphatic heterocycles. The van der Waals surface area contributed by atoms with Gasteiger partial charge < -0.3 is 10.1 Å². The van der Waals surface area contributed by atoms with E-state index in [9.17, 15) is 4.79 Å². The summed E-state index contributed by atoms with van der Waals surface area (Å²) >= 11 is 3.49. The van der Waals surface area contributed by atoms with Crippen molar-refractivity contribution in [3.63, 3.8) is 0 Å². The first-order chi connectivity index (χ1) is 11.6. The molecule has 1 amide bonds. The Morgan fingerprint density at radius 3 is 2.88 bits per heavy atom. The molecule has 0 radical (unpaired) electrons. The molecule has 0 unspecified atom stereocenters. The highest BCUT2D eigenvalue weighted by molar-refractivity contribution is 9.10. The summed E-state index contributed by atoms with van der Waals surface area (Å²) in [5.41, 5.74) is 3.23. The van der Waals surface area contributed by atoms with Crippen LogP contribution in [0.3, 0.4) is 0 Å². The van der Waals surface area contributed by atoms with Gasteiger partial charge in [-0.2, -0.15) is 0 Å². The number of hydrogen-bond donors (Lipinski definition) is 1. The zero-order valence-electron chi connectivity index (χ0n) is 14.1. The molecule has 0 saturated carbocycles. The smallest absolute Gasteiger partial charge is 0.270 e. The van der Waals surface area contributed by atoms with Gasteiger partial charge in [0, 0.05) is 30.3 Å². The van der Waals surface area contributed by atoms with Crippen molar-refractivity contribution in [2.45, 2.75) is 20.3 Å². The number of ether oxygens (including phenoxy) is 1. The average Bonchev–Trinajstić information content (AvgIpc) is 2.89. The molecule has 2 aromatic rings. The number of halogens is 1. The first kappa shape index (κ1) is 17.4. The van der Waals surface area contributed by atoms with Crippen LogP contribution in [0.2, 0.25) is 0 Å². The second kappa shape index (κ2) is 7.63. The van der Waals surface area contributed by atoms with Crippen molar-refractivity contribution in [2.75, 3.05) is 39.4 Å². The van der Waals surface area contributed by atoms with Crippen molar-refractivity contribution in [1.29, 1.82) is 0 Å². The Bertz CT molecular complexity index is 738. The number of nitrogens with zero attached hydrogens (tertiary/aromatic N) is 3. The number of fused-ring (bicyclic) bond motifs is 1. The lowest BCUT2D eigenvalue weighted by molar-refractivity contribution is 0.0374. The fourth-order valence-electron chi connectivity index (χ4n) is 3.07. The van der Waals surface area contributed by atoms with E-state index in [-0.39, 0.29) is 5.91 Å². The minimum absolute atomic E-state index is 0.0699. The monoisotopic (exact) mass is 394 g/mol. The lowest BCUT2D eigenvalue weighted by Crippen LogP contribution is -2.38. The van der Waals surface area contributed by atoms with Gasteiger partial charge in [0.2, 0.25) is 0 Å². The molecule has 2 aromatic heterocycles. The Labute approximate surface area is 150 Å². The Kier molecular flexibility index (Phi) is 5.53. The van der Waals surface area contributed by atoms with Crippen molar-refractivity contribution in [3.05, 3.63) is 33.7 Å². The number of aromatic nitrogens is 2. The van der Waals surface area contributed by atoms with Crippen LogP contribution in [0.5, 0.6) is 0 Å². The zero-order valence-corrected chi connectivity index (χ0v) is 15.7. The molecule has 1 N–H and O–H groups in total. The van der Waals surface area contributed by atoms with Gasteiger partial charge >= 0.3 is 0 Å². The van der Waals surface area contributed by atoms with E-state index in [2.05, 4.69) is 31.1 Å². The number of pyridine rings is 1. The summed E-state index contributed by atoms with van der Waals surface area (Å²) in [6, 6.07) is 2.01. The number of imidazole rings is 1. The van der Waals surface area contributed by atoms with Crippen molar-refractivity contribution in [2.24, 2.45) is 0 Å². The molecule has 3 rings (SSSR count). The molecule has 0 aromatic carbocycles. The highest BCUT2D eigenvalue weighted by Gasteiger charge is 2.18. The van der Waals surface area contributed by atoms with Crippen molar-refractivity contribution in [3.8, 4) is 0 Å². The highest BCUT2D eigenvalue weighted by atomic mass is 79.9. The summed E-state index contributed by atoms with van der Waals surface area (Å²) in [6.45, 7) is 9.10. The van der Waals surface area contributed by atoms with Gasteiger partial charge in [-0.15, -0.1) is 0 Å². The van der Waals surface area contributed by atoms with Gasteiger partial charge in [0.15, 0.2) is 0 Å². The van der Waals surface area contributed by atoms with E-state index >= 15 is 0 Å². The number of carbonyl (C=O) groups excluding carboxylic acids is 1. The van der Waals surface area contributed by atoms with Crippen LogP contribution < -0.4 is 5.32 Å². The van der Waals surface area contributed by atoms with E-state index in [0.29, 0.717) is 12.2 Å². The fourth-order valence-corrected chi connectivity index (χ4v) is 3.62. The van der Waals surface area contributed by atoms with Gasteiger partial charge in [0.05, 0.1) is 18.9 Å². The molecule has 130 valence electrons. The van der Waals surface area contributed by atoms with E-state index in [1.54, 1.807) is 0 Å². The van der Waals surface area contributed by atoms with E-state index < -0.39 is 0 Å². The van der Waals surface area contributed by atoms with Crippen LogP contribution in [0.15, 0.2) is 16.7 Å². The first-order valence-electron chi connectivity index (χ1n) is 8.29. The van der Waals surface area contributed by atoms with Crippen molar-refractivity contribution < 1.29 is 9.53 Å². The van der Waals surface area contributed by atoms with Gasteiger partial charge in [-0.1, -0.05) is 0 Å². The third-order valence-corrected chi connectivity index (χ3v) is 4.73. The molecule has 6 nitrogen and oxygen atoms in total. The Hall–Kier alpha value is -1.44.